The largest absolute Gasteiger partial charge is 0.311 e. The van der Waals surface area contributed by atoms with E-state index >= 15 is 0 Å². The normalized spacial score (nSPS) is 22.9. The van der Waals surface area contributed by atoms with Crippen LogP contribution in [0.15, 0.2) is 0 Å². The molecule has 0 spiro atoms. The molecule has 1 N–H and O–H groups in total. The van der Waals surface area contributed by atoms with E-state index in [2.05, 4.69) is 5.32 Å². The molecule has 0 aromatic carbocycles. The van der Waals surface area contributed by atoms with Crippen LogP contribution in [0.1, 0.15) is 25.7 Å². The molecule has 0 aromatic rings. The first-order chi connectivity index (χ1) is 4.88. The Labute approximate surface area is 62.0 Å². The highest BCUT2D eigenvalue weighted by atomic mass is 16.1. The van der Waals surface area contributed by atoms with Crippen LogP contribution in [0.3, 0.4) is 0 Å². The van der Waals surface area contributed by atoms with Crippen LogP contribution in [0.2, 0.25) is 0 Å². The van der Waals surface area contributed by atoms with Crippen molar-refractivity contribution >= 4 is 6.29 Å². The minimum Gasteiger partial charge on any atom is -0.311 e. The van der Waals surface area contributed by atoms with Gasteiger partial charge in [-0.15, -0.1) is 0 Å². The van der Waals surface area contributed by atoms with E-state index in [4.69, 9.17) is 0 Å². The first kappa shape index (κ1) is 7.73. The summed E-state index contributed by atoms with van der Waals surface area (Å²) in [7, 11) is 1.86. The smallest absolute Gasteiger partial charge is 0.137 e. The molecule has 0 saturated heterocycles. The van der Waals surface area contributed by atoms with Crippen molar-refractivity contribution in [1.82, 2.24) is 5.32 Å². The van der Waals surface area contributed by atoms with Crippen molar-refractivity contribution in [3.63, 3.8) is 0 Å². The maximum Gasteiger partial charge on any atom is 0.137 e. The molecule has 1 saturated carbocycles. The van der Waals surface area contributed by atoms with Gasteiger partial charge in [-0.1, -0.05) is 12.8 Å². The van der Waals surface area contributed by atoms with Crippen LogP contribution in [0.5, 0.6) is 0 Å². The molecule has 1 unspecified atom stereocenters. The molecule has 1 rings (SSSR count). The van der Waals surface area contributed by atoms with Gasteiger partial charge in [-0.2, -0.15) is 0 Å². The molecule has 0 aliphatic heterocycles. The van der Waals surface area contributed by atoms with Crippen molar-refractivity contribution in [2.75, 3.05) is 7.05 Å². The second kappa shape index (κ2) is 3.71. The zero-order chi connectivity index (χ0) is 7.40. The first-order valence-corrected chi connectivity index (χ1v) is 4.01. The zero-order valence-corrected chi connectivity index (χ0v) is 6.47. The SMILES string of the molecule is CNC(C=O)C1CCCC1. The van der Waals surface area contributed by atoms with Crippen molar-refractivity contribution in [3.8, 4) is 0 Å². The lowest BCUT2D eigenvalue weighted by molar-refractivity contribution is -0.110. The summed E-state index contributed by atoms with van der Waals surface area (Å²) in [5.41, 5.74) is 0. The van der Waals surface area contributed by atoms with E-state index in [-0.39, 0.29) is 6.04 Å². The van der Waals surface area contributed by atoms with Gasteiger partial charge in [0.2, 0.25) is 0 Å². The van der Waals surface area contributed by atoms with Gasteiger partial charge in [-0.25, -0.2) is 0 Å². The molecule has 0 heterocycles. The third-order valence-electron chi connectivity index (χ3n) is 2.39. The van der Waals surface area contributed by atoms with E-state index in [0.29, 0.717) is 5.92 Å². The Bertz CT molecular complexity index is 108. The summed E-state index contributed by atoms with van der Waals surface area (Å²) >= 11 is 0. The summed E-state index contributed by atoms with van der Waals surface area (Å²) in [6.45, 7) is 0. The van der Waals surface area contributed by atoms with Gasteiger partial charge in [0, 0.05) is 0 Å². The number of rotatable bonds is 3. The van der Waals surface area contributed by atoms with Crippen LogP contribution in [-0.2, 0) is 4.79 Å². The Morgan fingerprint density at radius 2 is 2.10 bits per heavy atom. The quantitative estimate of drug-likeness (QED) is 0.593. The van der Waals surface area contributed by atoms with E-state index in [1.54, 1.807) is 0 Å². The summed E-state index contributed by atoms with van der Waals surface area (Å²) in [4.78, 5) is 10.5. The van der Waals surface area contributed by atoms with Gasteiger partial charge in [-0.05, 0) is 25.8 Å². The van der Waals surface area contributed by atoms with Crippen LogP contribution in [-0.4, -0.2) is 19.4 Å². The van der Waals surface area contributed by atoms with Gasteiger partial charge in [0.15, 0.2) is 0 Å². The van der Waals surface area contributed by atoms with Crippen molar-refractivity contribution in [2.45, 2.75) is 31.7 Å². The number of nitrogens with one attached hydrogen (secondary N) is 1. The summed E-state index contributed by atoms with van der Waals surface area (Å²) in [5.74, 6) is 0.613. The van der Waals surface area contributed by atoms with Gasteiger partial charge in [0.05, 0.1) is 6.04 Å². The summed E-state index contributed by atoms with van der Waals surface area (Å²) in [6.07, 6.45) is 6.10. The predicted molar refractivity (Wildman–Crippen MR) is 40.9 cm³/mol. The Balaban J connectivity index is 2.36. The molecule has 58 valence electrons. The van der Waals surface area contributed by atoms with Gasteiger partial charge < -0.3 is 10.1 Å². The fourth-order valence-electron chi connectivity index (χ4n) is 1.73. The highest BCUT2D eigenvalue weighted by molar-refractivity contribution is 5.58. The minimum absolute atomic E-state index is 0.113. The number of hydrogen-bond donors (Lipinski definition) is 1. The van der Waals surface area contributed by atoms with Gasteiger partial charge in [-0.3, -0.25) is 0 Å². The lowest BCUT2D eigenvalue weighted by Gasteiger charge is -2.15. The number of hydrogen-bond acceptors (Lipinski definition) is 2. The highest BCUT2D eigenvalue weighted by Gasteiger charge is 2.22. The Morgan fingerprint density at radius 3 is 2.50 bits per heavy atom. The minimum atomic E-state index is 0.113. The van der Waals surface area contributed by atoms with E-state index < -0.39 is 0 Å². The van der Waals surface area contributed by atoms with Crippen molar-refractivity contribution in [3.05, 3.63) is 0 Å². The molecule has 1 fully saturated rings. The number of aldehydes is 1. The summed E-state index contributed by atoms with van der Waals surface area (Å²) in [5, 5.41) is 3.03. The average molecular weight is 141 g/mol. The van der Waals surface area contributed by atoms with E-state index in [1.165, 1.54) is 25.7 Å². The number of carbonyl (C=O) groups is 1. The Hall–Kier alpha value is -0.370. The zero-order valence-electron chi connectivity index (χ0n) is 6.47. The molecule has 0 bridgehead atoms. The van der Waals surface area contributed by atoms with Crippen molar-refractivity contribution in [2.24, 2.45) is 5.92 Å². The van der Waals surface area contributed by atoms with Crippen LogP contribution < -0.4 is 5.32 Å². The van der Waals surface area contributed by atoms with Crippen molar-refractivity contribution < 1.29 is 4.79 Å². The van der Waals surface area contributed by atoms with Crippen LogP contribution in [0.4, 0.5) is 0 Å². The molecule has 1 aliphatic rings. The molecule has 2 heteroatoms. The van der Waals surface area contributed by atoms with Gasteiger partial charge in [0.1, 0.15) is 6.29 Å². The predicted octanol–water partition coefficient (Wildman–Crippen LogP) is 0.963. The lowest BCUT2D eigenvalue weighted by atomic mass is 10.00. The molecule has 10 heavy (non-hydrogen) atoms. The van der Waals surface area contributed by atoms with Crippen LogP contribution in [0, 0.1) is 5.92 Å². The Morgan fingerprint density at radius 1 is 1.50 bits per heavy atom. The van der Waals surface area contributed by atoms with E-state index in [1.807, 2.05) is 7.05 Å². The van der Waals surface area contributed by atoms with Gasteiger partial charge in [0.25, 0.3) is 0 Å². The molecule has 0 aromatic heterocycles. The summed E-state index contributed by atoms with van der Waals surface area (Å²) < 4.78 is 0. The average Bonchev–Trinajstić information content (AvgIpc) is 2.43. The molecule has 1 atom stereocenters. The molecule has 2 nitrogen and oxygen atoms in total. The molecular weight excluding hydrogens is 126 g/mol. The van der Waals surface area contributed by atoms with Crippen molar-refractivity contribution in [1.29, 1.82) is 0 Å². The molecule has 1 aliphatic carbocycles. The first-order valence-electron chi connectivity index (χ1n) is 4.01. The molecule has 0 amide bonds. The second-order valence-corrected chi connectivity index (χ2v) is 3.00. The molecular formula is C8H15NO. The maximum atomic E-state index is 10.5. The standard InChI is InChI=1S/C8H15NO/c1-9-8(6-10)7-4-2-3-5-7/h6-9H,2-5H2,1H3. The molecule has 0 radical (unpaired) electrons. The maximum absolute atomic E-state index is 10.5. The topological polar surface area (TPSA) is 29.1 Å². The third kappa shape index (κ3) is 1.57. The van der Waals surface area contributed by atoms with Crippen LogP contribution >= 0.6 is 0 Å². The fourth-order valence-corrected chi connectivity index (χ4v) is 1.73. The van der Waals surface area contributed by atoms with Crippen LogP contribution in [0.25, 0.3) is 0 Å². The van der Waals surface area contributed by atoms with E-state index in [0.717, 1.165) is 6.29 Å². The monoisotopic (exact) mass is 141 g/mol. The fraction of sp³-hybridized carbons (Fsp3) is 0.875. The second-order valence-electron chi connectivity index (χ2n) is 3.00. The van der Waals surface area contributed by atoms with Gasteiger partial charge >= 0.3 is 0 Å². The highest BCUT2D eigenvalue weighted by Crippen LogP contribution is 2.26. The number of likely N-dealkylation sites (N-methyl/N-ethyl adjacent to an activating group) is 1. The lowest BCUT2D eigenvalue weighted by Crippen LogP contribution is -2.33. The third-order valence-corrected chi connectivity index (χ3v) is 2.39. The number of carbonyl (C=O) groups excluding carboxylic acids is 1. The van der Waals surface area contributed by atoms with E-state index in [9.17, 15) is 4.79 Å². The summed E-state index contributed by atoms with van der Waals surface area (Å²) in [6, 6.07) is 0.113. The Kier molecular flexibility index (Phi) is 2.87.